The number of para-hydroxylation sites is 2. The zero-order valence-corrected chi connectivity index (χ0v) is 15.4. The third-order valence-electron chi connectivity index (χ3n) is 4.89. The van der Waals surface area contributed by atoms with Crippen molar-refractivity contribution >= 4 is 28.9 Å². The van der Waals surface area contributed by atoms with Gasteiger partial charge in [0, 0.05) is 18.7 Å². The number of hydrogen-bond acceptors (Lipinski definition) is 5. The first kappa shape index (κ1) is 18.0. The van der Waals surface area contributed by atoms with Gasteiger partial charge in [-0.2, -0.15) is 4.98 Å². The Morgan fingerprint density at radius 1 is 1.07 bits per heavy atom. The molecule has 1 atom stereocenters. The van der Waals surface area contributed by atoms with Gasteiger partial charge in [-0.1, -0.05) is 30.3 Å². The number of aromatic nitrogens is 1. The van der Waals surface area contributed by atoms with Crippen LogP contribution in [-0.2, 0) is 4.79 Å². The van der Waals surface area contributed by atoms with E-state index in [-0.39, 0.29) is 24.4 Å². The maximum Gasteiger partial charge on any atom is 0.298 e. The maximum absolute atomic E-state index is 12.1. The van der Waals surface area contributed by atoms with Crippen LogP contribution < -0.4 is 15.5 Å². The number of carbonyl (C=O) groups excluding carboxylic acids is 2. The minimum atomic E-state index is -0.260. The number of amides is 2. The predicted octanol–water partition coefficient (Wildman–Crippen LogP) is 2.34. The number of rotatable bonds is 6. The van der Waals surface area contributed by atoms with Gasteiger partial charge in [0.05, 0.1) is 12.6 Å². The minimum absolute atomic E-state index is 0.0522. The highest BCUT2D eigenvalue weighted by Gasteiger charge is 2.28. The lowest BCUT2D eigenvalue weighted by Crippen LogP contribution is -2.44. The molecule has 144 valence electrons. The molecule has 1 unspecified atom stereocenters. The summed E-state index contributed by atoms with van der Waals surface area (Å²) in [5, 5.41) is 5.54. The average molecular weight is 378 g/mol. The molecule has 1 aliphatic heterocycles. The Hall–Kier alpha value is -3.35. The fraction of sp³-hybridized carbons (Fsp3) is 0.286. The molecule has 1 fully saturated rings. The van der Waals surface area contributed by atoms with E-state index >= 15 is 0 Å². The van der Waals surface area contributed by atoms with E-state index in [4.69, 9.17) is 4.42 Å². The van der Waals surface area contributed by atoms with Crippen molar-refractivity contribution in [2.24, 2.45) is 0 Å². The first-order chi connectivity index (χ1) is 13.7. The van der Waals surface area contributed by atoms with E-state index in [1.54, 1.807) is 24.3 Å². The molecule has 7 nitrogen and oxygen atoms in total. The van der Waals surface area contributed by atoms with Crippen LogP contribution in [-0.4, -0.2) is 42.5 Å². The van der Waals surface area contributed by atoms with Crippen molar-refractivity contribution in [2.75, 3.05) is 24.5 Å². The standard InChI is InChI=1S/C21H22N4O3/c26-19(14-23-20(27)15-7-2-1-3-8-15)22-13-16-9-6-12-25(16)21-24-17-10-4-5-11-18(17)28-21/h1-5,7-8,10-11,16H,6,9,12-14H2,(H,22,26)(H,23,27). The molecule has 1 saturated heterocycles. The normalized spacial score (nSPS) is 16.3. The SMILES string of the molecule is O=C(CNC(=O)c1ccccc1)NCC1CCCN1c1nc2ccccc2o1. The molecular formula is C21H22N4O3. The second-order valence-electron chi connectivity index (χ2n) is 6.81. The quantitative estimate of drug-likeness (QED) is 0.687. The molecule has 0 aliphatic carbocycles. The van der Waals surface area contributed by atoms with Crippen LogP contribution in [0.4, 0.5) is 6.01 Å². The van der Waals surface area contributed by atoms with Gasteiger partial charge in [0.25, 0.3) is 11.9 Å². The molecule has 1 aromatic heterocycles. The number of anilines is 1. The second kappa shape index (κ2) is 8.12. The topological polar surface area (TPSA) is 87.5 Å². The summed E-state index contributed by atoms with van der Waals surface area (Å²) < 4.78 is 5.86. The zero-order valence-electron chi connectivity index (χ0n) is 15.4. The van der Waals surface area contributed by atoms with E-state index in [2.05, 4.69) is 20.5 Å². The minimum Gasteiger partial charge on any atom is -0.423 e. The number of hydrogen-bond donors (Lipinski definition) is 2. The van der Waals surface area contributed by atoms with Gasteiger partial charge in [-0.3, -0.25) is 9.59 Å². The van der Waals surface area contributed by atoms with Crippen LogP contribution in [0, 0.1) is 0 Å². The fourth-order valence-corrected chi connectivity index (χ4v) is 3.43. The van der Waals surface area contributed by atoms with Gasteiger partial charge in [-0.05, 0) is 37.1 Å². The number of nitrogens with one attached hydrogen (secondary N) is 2. The van der Waals surface area contributed by atoms with Crippen LogP contribution in [0.5, 0.6) is 0 Å². The Labute approximate surface area is 162 Å². The summed E-state index contributed by atoms with van der Waals surface area (Å²) in [6.45, 7) is 1.28. The maximum atomic E-state index is 12.1. The summed E-state index contributed by atoms with van der Waals surface area (Å²) in [4.78, 5) is 30.8. The van der Waals surface area contributed by atoms with Gasteiger partial charge in [0.2, 0.25) is 5.91 Å². The zero-order chi connectivity index (χ0) is 19.3. The van der Waals surface area contributed by atoms with Gasteiger partial charge in [0.15, 0.2) is 5.58 Å². The molecule has 2 amide bonds. The molecule has 3 aromatic rings. The predicted molar refractivity (Wildman–Crippen MR) is 106 cm³/mol. The van der Waals surface area contributed by atoms with Gasteiger partial charge < -0.3 is 20.0 Å². The summed E-state index contributed by atoms with van der Waals surface area (Å²) >= 11 is 0. The Kier molecular flexibility index (Phi) is 5.23. The molecule has 4 rings (SSSR count). The Bertz CT molecular complexity index is 937. The highest BCUT2D eigenvalue weighted by atomic mass is 16.4. The van der Waals surface area contributed by atoms with Crippen molar-refractivity contribution in [3.63, 3.8) is 0 Å². The van der Waals surface area contributed by atoms with E-state index in [1.807, 2.05) is 30.3 Å². The van der Waals surface area contributed by atoms with E-state index in [9.17, 15) is 9.59 Å². The second-order valence-corrected chi connectivity index (χ2v) is 6.81. The van der Waals surface area contributed by atoms with Crippen molar-refractivity contribution in [1.82, 2.24) is 15.6 Å². The molecule has 0 radical (unpaired) electrons. The third-order valence-corrected chi connectivity index (χ3v) is 4.89. The molecular weight excluding hydrogens is 356 g/mol. The summed E-state index contributed by atoms with van der Waals surface area (Å²) in [5.41, 5.74) is 2.12. The molecule has 0 bridgehead atoms. The van der Waals surface area contributed by atoms with Gasteiger partial charge in [-0.15, -0.1) is 0 Å². The van der Waals surface area contributed by atoms with Crippen LogP contribution in [0.3, 0.4) is 0 Å². The molecule has 2 heterocycles. The van der Waals surface area contributed by atoms with Crippen molar-refractivity contribution < 1.29 is 14.0 Å². The average Bonchev–Trinajstić information content (AvgIpc) is 3.37. The molecule has 2 N–H and O–H groups in total. The highest BCUT2D eigenvalue weighted by molar-refractivity contribution is 5.96. The molecule has 7 heteroatoms. The molecule has 28 heavy (non-hydrogen) atoms. The Morgan fingerprint density at radius 3 is 2.68 bits per heavy atom. The Morgan fingerprint density at radius 2 is 1.86 bits per heavy atom. The van der Waals surface area contributed by atoms with Gasteiger partial charge >= 0.3 is 0 Å². The van der Waals surface area contributed by atoms with Crippen LogP contribution in [0.2, 0.25) is 0 Å². The fourth-order valence-electron chi connectivity index (χ4n) is 3.43. The van der Waals surface area contributed by atoms with E-state index in [0.29, 0.717) is 18.1 Å². The number of nitrogens with zero attached hydrogens (tertiary/aromatic N) is 2. The smallest absolute Gasteiger partial charge is 0.298 e. The molecule has 0 spiro atoms. The first-order valence-electron chi connectivity index (χ1n) is 9.43. The molecule has 0 saturated carbocycles. The van der Waals surface area contributed by atoms with Crippen LogP contribution in [0.25, 0.3) is 11.1 Å². The van der Waals surface area contributed by atoms with Gasteiger partial charge in [0.1, 0.15) is 5.52 Å². The number of benzene rings is 2. The van der Waals surface area contributed by atoms with Crippen molar-refractivity contribution in [2.45, 2.75) is 18.9 Å². The summed E-state index contributed by atoms with van der Waals surface area (Å²) in [6.07, 6.45) is 1.97. The van der Waals surface area contributed by atoms with Crippen LogP contribution in [0.15, 0.2) is 59.0 Å². The van der Waals surface area contributed by atoms with Crippen molar-refractivity contribution in [1.29, 1.82) is 0 Å². The summed E-state index contributed by atoms with van der Waals surface area (Å²) in [5.74, 6) is -0.474. The third kappa shape index (κ3) is 3.98. The van der Waals surface area contributed by atoms with E-state index < -0.39 is 0 Å². The first-order valence-corrected chi connectivity index (χ1v) is 9.43. The number of oxazole rings is 1. The molecule has 1 aliphatic rings. The highest BCUT2D eigenvalue weighted by Crippen LogP contribution is 2.27. The number of carbonyl (C=O) groups is 2. The van der Waals surface area contributed by atoms with E-state index in [1.165, 1.54) is 0 Å². The number of fused-ring (bicyclic) bond motifs is 1. The van der Waals surface area contributed by atoms with Crippen molar-refractivity contribution in [3.8, 4) is 0 Å². The largest absolute Gasteiger partial charge is 0.423 e. The lowest BCUT2D eigenvalue weighted by molar-refractivity contribution is -0.120. The van der Waals surface area contributed by atoms with Gasteiger partial charge in [-0.25, -0.2) is 0 Å². The lowest BCUT2D eigenvalue weighted by atomic mass is 10.2. The summed E-state index contributed by atoms with van der Waals surface area (Å²) in [7, 11) is 0. The molecule has 2 aromatic carbocycles. The van der Waals surface area contributed by atoms with Crippen molar-refractivity contribution in [3.05, 3.63) is 60.2 Å². The monoisotopic (exact) mass is 378 g/mol. The Balaban J connectivity index is 1.30. The van der Waals surface area contributed by atoms with Crippen LogP contribution in [0.1, 0.15) is 23.2 Å². The van der Waals surface area contributed by atoms with Crippen LogP contribution >= 0.6 is 0 Å². The lowest BCUT2D eigenvalue weighted by Gasteiger charge is -2.23. The van der Waals surface area contributed by atoms with E-state index in [0.717, 1.165) is 30.5 Å². The summed E-state index contributed by atoms with van der Waals surface area (Å²) in [6, 6.07) is 17.2.